The number of Topliss-reactive ketones (excluding diaryl/α,β-unsaturated/α-hetero) is 1. The molecule has 7 nitrogen and oxygen atoms in total. The van der Waals surface area contributed by atoms with Gasteiger partial charge in [-0.2, -0.15) is 5.10 Å². The molecule has 1 aromatic heterocycles. The first-order chi connectivity index (χ1) is 12.0. The van der Waals surface area contributed by atoms with Gasteiger partial charge in [-0.3, -0.25) is 9.48 Å². The Bertz CT molecular complexity index is 764. The van der Waals surface area contributed by atoms with Crippen molar-refractivity contribution in [1.29, 1.82) is 0 Å². The van der Waals surface area contributed by atoms with Crippen LogP contribution in [-0.4, -0.2) is 41.2 Å². The maximum atomic E-state index is 12.6. The quantitative estimate of drug-likeness (QED) is 0.566. The number of hydrogen-bond donors (Lipinski definition) is 0. The summed E-state index contributed by atoms with van der Waals surface area (Å²) in [5, 5.41) is 4.12. The summed E-state index contributed by atoms with van der Waals surface area (Å²) in [6.45, 7) is 3.73. The third-order valence-electron chi connectivity index (χ3n) is 3.73. The minimum atomic E-state index is -0.831. The molecule has 0 N–H and O–H groups in total. The zero-order valence-electron chi connectivity index (χ0n) is 14.4. The Hall–Kier alpha value is -2.96. The molecule has 0 spiro atoms. The van der Waals surface area contributed by atoms with Crippen LogP contribution in [0.15, 0.2) is 36.5 Å². The van der Waals surface area contributed by atoms with Crippen molar-refractivity contribution < 1.29 is 23.9 Å². The van der Waals surface area contributed by atoms with E-state index in [1.807, 2.05) is 0 Å². The number of esters is 2. The molecule has 2 rings (SSSR count). The fraction of sp³-hybridized carbons (Fsp3) is 0.333. The van der Waals surface area contributed by atoms with E-state index in [0.717, 1.165) is 5.69 Å². The summed E-state index contributed by atoms with van der Waals surface area (Å²) in [6, 6.07) is 7.01. The average Bonchev–Trinajstić information content (AvgIpc) is 3.04. The van der Waals surface area contributed by atoms with Gasteiger partial charge in [0.1, 0.15) is 0 Å². The maximum absolute atomic E-state index is 12.6. The van der Waals surface area contributed by atoms with Crippen molar-refractivity contribution in [2.75, 3.05) is 13.7 Å². The molecule has 7 heteroatoms. The summed E-state index contributed by atoms with van der Waals surface area (Å²) < 4.78 is 11.2. The number of hydrogen-bond acceptors (Lipinski definition) is 6. The van der Waals surface area contributed by atoms with E-state index in [4.69, 9.17) is 4.74 Å². The van der Waals surface area contributed by atoms with Crippen LogP contribution >= 0.6 is 0 Å². The van der Waals surface area contributed by atoms with Gasteiger partial charge in [0.25, 0.3) is 0 Å². The number of ketones is 1. The van der Waals surface area contributed by atoms with Crippen LogP contribution in [0.2, 0.25) is 0 Å². The van der Waals surface area contributed by atoms with Crippen LogP contribution < -0.4 is 0 Å². The highest BCUT2D eigenvalue weighted by Crippen LogP contribution is 2.19. The molecule has 25 heavy (non-hydrogen) atoms. The van der Waals surface area contributed by atoms with Crippen molar-refractivity contribution in [1.82, 2.24) is 9.78 Å². The average molecular weight is 344 g/mol. The molecule has 0 bridgehead atoms. The molecule has 1 heterocycles. The molecule has 0 fully saturated rings. The van der Waals surface area contributed by atoms with Crippen LogP contribution in [0, 0.1) is 6.92 Å². The normalized spacial score (nSPS) is 11.6. The summed E-state index contributed by atoms with van der Waals surface area (Å²) >= 11 is 0. The van der Waals surface area contributed by atoms with Crippen LogP contribution in [0.25, 0.3) is 0 Å². The molecule has 0 amide bonds. The Morgan fingerprint density at radius 3 is 2.28 bits per heavy atom. The lowest BCUT2D eigenvalue weighted by Crippen LogP contribution is -2.26. The Balaban J connectivity index is 2.20. The van der Waals surface area contributed by atoms with Gasteiger partial charge in [0.15, 0.2) is 11.8 Å². The zero-order chi connectivity index (χ0) is 18.4. The van der Waals surface area contributed by atoms with Crippen molar-refractivity contribution >= 4 is 17.7 Å². The molecule has 0 aliphatic heterocycles. The third-order valence-corrected chi connectivity index (χ3v) is 3.73. The van der Waals surface area contributed by atoms with Crippen molar-refractivity contribution in [3.8, 4) is 0 Å². The van der Waals surface area contributed by atoms with Crippen molar-refractivity contribution in [2.45, 2.75) is 26.3 Å². The molecule has 2 aromatic rings. The largest absolute Gasteiger partial charge is 0.465 e. The molecule has 0 saturated heterocycles. The van der Waals surface area contributed by atoms with E-state index in [1.54, 1.807) is 26.1 Å². The number of carbonyl (C=O) groups excluding carboxylic acids is 3. The minimum absolute atomic E-state index is 0.0844. The van der Waals surface area contributed by atoms with Gasteiger partial charge in [-0.15, -0.1) is 0 Å². The lowest BCUT2D eigenvalue weighted by molar-refractivity contribution is -0.147. The first-order valence-electron chi connectivity index (χ1n) is 7.86. The van der Waals surface area contributed by atoms with E-state index >= 15 is 0 Å². The summed E-state index contributed by atoms with van der Waals surface area (Å²) in [5.74, 6) is -1.23. The van der Waals surface area contributed by atoms with Crippen molar-refractivity contribution in [3.05, 3.63) is 53.3 Å². The Morgan fingerprint density at radius 1 is 1.12 bits per heavy atom. The molecule has 0 aliphatic rings. The second-order valence-corrected chi connectivity index (χ2v) is 5.38. The van der Waals surface area contributed by atoms with Crippen LogP contribution in [-0.2, 0) is 14.3 Å². The Kier molecular flexibility index (Phi) is 6.05. The number of rotatable bonds is 7. The van der Waals surface area contributed by atoms with E-state index in [1.165, 1.54) is 36.1 Å². The second kappa shape index (κ2) is 8.23. The molecule has 132 valence electrons. The minimum Gasteiger partial charge on any atom is -0.465 e. The predicted octanol–water partition coefficient (Wildman–Crippen LogP) is 2.36. The fourth-order valence-corrected chi connectivity index (χ4v) is 2.42. The summed E-state index contributed by atoms with van der Waals surface area (Å²) in [5.41, 5.74) is 1.50. The molecule has 0 aliphatic carbocycles. The van der Waals surface area contributed by atoms with Gasteiger partial charge in [0, 0.05) is 23.9 Å². The van der Waals surface area contributed by atoms with E-state index in [2.05, 4.69) is 9.84 Å². The van der Waals surface area contributed by atoms with E-state index in [-0.39, 0.29) is 18.8 Å². The topological polar surface area (TPSA) is 87.5 Å². The molecular weight excluding hydrogens is 324 g/mol. The summed E-state index contributed by atoms with van der Waals surface area (Å²) in [6.07, 6.45) is 1.48. The molecule has 0 radical (unpaired) electrons. The third kappa shape index (κ3) is 4.32. The molecule has 1 unspecified atom stereocenters. The van der Waals surface area contributed by atoms with Gasteiger partial charge in [-0.25, -0.2) is 9.59 Å². The van der Waals surface area contributed by atoms with Crippen LogP contribution in [0.4, 0.5) is 0 Å². The number of benzene rings is 1. The zero-order valence-corrected chi connectivity index (χ0v) is 14.4. The number of aromatic nitrogens is 2. The lowest BCUT2D eigenvalue weighted by Gasteiger charge is -2.17. The highest BCUT2D eigenvalue weighted by atomic mass is 16.5. The van der Waals surface area contributed by atoms with Crippen LogP contribution in [0.5, 0.6) is 0 Å². The molecule has 1 aromatic carbocycles. The number of nitrogens with zero attached hydrogens (tertiary/aromatic N) is 2. The van der Waals surface area contributed by atoms with Gasteiger partial charge in [-0.05, 0) is 32.0 Å². The second-order valence-electron chi connectivity index (χ2n) is 5.38. The van der Waals surface area contributed by atoms with E-state index < -0.39 is 18.0 Å². The molecule has 1 atom stereocenters. The van der Waals surface area contributed by atoms with Gasteiger partial charge in [0.2, 0.25) is 0 Å². The number of aryl methyl sites for hydroxylation is 1. The highest BCUT2D eigenvalue weighted by molar-refractivity contribution is 5.99. The van der Waals surface area contributed by atoms with Gasteiger partial charge < -0.3 is 9.47 Å². The van der Waals surface area contributed by atoms with Gasteiger partial charge in [0.05, 0.1) is 19.3 Å². The Morgan fingerprint density at radius 2 is 1.76 bits per heavy atom. The number of carbonyl (C=O) groups is 3. The molecular formula is C18H20N2O5. The first-order valence-corrected chi connectivity index (χ1v) is 7.86. The summed E-state index contributed by atoms with van der Waals surface area (Å²) in [7, 11) is 1.29. The van der Waals surface area contributed by atoms with E-state index in [9.17, 15) is 14.4 Å². The number of methoxy groups -OCH3 is 1. The first kappa shape index (κ1) is 18.4. The monoisotopic (exact) mass is 344 g/mol. The predicted molar refractivity (Wildman–Crippen MR) is 89.4 cm³/mol. The Labute approximate surface area is 145 Å². The standard InChI is InChI=1S/C18H20N2O5/c1-4-25-18(23)15(20-12(2)9-10-19-20)11-16(21)13-5-7-14(8-6-13)17(22)24-3/h5-10,15H,4,11H2,1-3H3. The van der Waals surface area contributed by atoms with Crippen molar-refractivity contribution in [3.63, 3.8) is 0 Å². The smallest absolute Gasteiger partial charge is 0.337 e. The van der Waals surface area contributed by atoms with Crippen LogP contribution in [0.3, 0.4) is 0 Å². The van der Waals surface area contributed by atoms with E-state index in [0.29, 0.717) is 11.1 Å². The summed E-state index contributed by atoms with van der Waals surface area (Å²) in [4.78, 5) is 36.2. The van der Waals surface area contributed by atoms with Crippen molar-refractivity contribution in [2.24, 2.45) is 0 Å². The number of ether oxygens (including phenoxy) is 2. The lowest BCUT2D eigenvalue weighted by atomic mass is 10.0. The maximum Gasteiger partial charge on any atom is 0.337 e. The highest BCUT2D eigenvalue weighted by Gasteiger charge is 2.27. The van der Waals surface area contributed by atoms with Gasteiger partial charge in [-0.1, -0.05) is 12.1 Å². The molecule has 0 saturated carbocycles. The fourth-order valence-electron chi connectivity index (χ4n) is 2.42. The SMILES string of the molecule is CCOC(=O)C(CC(=O)c1ccc(C(=O)OC)cc1)n1nccc1C. The van der Waals surface area contributed by atoms with Gasteiger partial charge >= 0.3 is 11.9 Å². The van der Waals surface area contributed by atoms with Crippen LogP contribution in [0.1, 0.15) is 45.8 Å².